The summed E-state index contributed by atoms with van der Waals surface area (Å²) in [6.45, 7) is 0.294. The van der Waals surface area contributed by atoms with Crippen LogP contribution in [0, 0.1) is 0 Å². The Morgan fingerprint density at radius 3 is 2.39 bits per heavy atom. The van der Waals surface area contributed by atoms with Crippen molar-refractivity contribution in [3.8, 4) is 0 Å². The molecular formula is C22H16ClN3O4S3. The average Bonchev–Trinajstić information content (AvgIpc) is 3.23. The third-order valence-corrected chi connectivity index (χ3v) is 8.97. The van der Waals surface area contributed by atoms with Crippen molar-refractivity contribution in [2.75, 3.05) is 4.72 Å². The SMILES string of the molecule is Cn1c(=O)sc2cc(NS(=O)(=O)c3ccc4c(c3)sc(=O)n4Cc3ccccc3Cl)ccc21. The fraction of sp³-hybridized carbons (Fsp3) is 0.0909. The van der Waals surface area contributed by atoms with Gasteiger partial charge < -0.3 is 4.57 Å². The standard InChI is InChI=1S/C22H16ClN3O4S3/c1-25-17-8-6-14(10-19(17)31-21(25)27)24-33(29,30)15-7-9-18-20(11-15)32-22(28)26(18)12-13-4-2-3-5-16(13)23/h2-11,24H,12H2,1H3. The molecule has 1 N–H and O–H groups in total. The summed E-state index contributed by atoms with van der Waals surface area (Å²) in [7, 11) is -2.23. The lowest BCUT2D eigenvalue weighted by Crippen LogP contribution is -2.14. The third-order valence-electron chi connectivity index (χ3n) is 5.28. The summed E-state index contributed by atoms with van der Waals surface area (Å²) in [6.07, 6.45) is 0. The second kappa shape index (κ2) is 8.14. The second-order valence-electron chi connectivity index (χ2n) is 7.39. The van der Waals surface area contributed by atoms with Crippen LogP contribution in [0.4, 0.5) is 5.69 Å². The van der Waals surface area contributed by atoms with E-state index in [1.807, 2.05) is 18.2 Å². The van der Waals surface area contributed by atoms with Crippen LogP contribution in [-0.2, 0) is 23.6 Å². The number of thiazole rings is 2. The minimum Gasteiger partial charge on any atom is -0.302 e. The Morgan fingerprint density at radius 2 is 1.61 bits per heavy atom. The Bertz CT molecular complexity index is 1760. The molecule has 0 aliphatic heterocycles. The first-order chi connectivity index (χ1) is 15.7. The van der Waals surface area contributed by atoms with Crippen molar-refractivity contribution in [2.24, 2.45) is 7.05 Å². The van der Waals surface area contributed by atoms with Crippen molar-refractivity contribution in [3.63, 3.8) is 0 Å². The lowest BCUT2D eigenvalue weighted by atomic mass is 10.2. The Kier molecular flexibility index (Phi) is 5.40. The third kappa shape index (κ3) is 3.99. The van der Waals surface area contributed by atoms with E-state index in [0.717, 1.165) is 33.8 Å². The van der Waals surface area contributed by atoms with Crippen LogP contribution in [0.1, 0.15) is 5.56 Å². The molecule has 0 radical (unpaired) electrons. The number of aryl methyl sites for hydroxylation is 1. The number of hydrogen-bond acceptors (Lipinski definition) is 6. The average molecular weight is 518 g/mol. The van der Waals surface area contributed by atoms with Crippen molar-refractivity contribution in [2.45, 2.75) is 11.4 Å². The number of aromatic nitrogens is 2. The van der Waals surface area contributed by atoms with Gasteiger partial charge in [0.15, 0.2) is 0 Å². The number of nitrogens with zero attached hydrogens (tertiary/aromatic N) is 2. The first kappa shape index (κ1) is 21.9. The molecule has 0 aliphatic carbocycles. The summed E-state index contributed by atoms with van der Waals surface area (Å²) in [4.78, 5) is 24.2. The van der Waals surface area contributed by atoms with Crippen molar-refractivity contribution in [3.05, 3.63) is 90.6 Å². The molecular weight excluding hydrogens is 502 g/mol. The molecule has 11 heteroatoms. The molecule has 0 atom stereocenters. The van der Waals surface area contributed by atoms with Crippen LogP contribution < -0.4 is 14.5 Å². The van der Waals surface area contributed by atoms with Crippen LogP contribution in [0.25, 0.3) is 20.4 Å². The highest BCUT2D eigenvalue weighted by atomic mass is 35.5. The van der Waals surface area contributed by atoms with Gasteiger partial charge in [-0.25, -0.2) is 8.42 Å². The van der Waals surface area contributed by atoms with E-state index >= 15 is 0 Å². The van der Waals surface area contributed by atoms with Gasteiger partial charge in [0, 0.05) is 12.1 Å². The minimum atomic E-state index is -3.90. The Hall–Kier alpha value is -2.92. The van der Waals surface area contributed by atoms with Crippen LogP contribution in [0.5, 0.6) is 0 Å². The van der Waals surface area contributed by atoms with Crippen LogP contribution >= 0.6 is 34.3 Å². The first-order valence-corrected chi connectivity index (χ1v) is 13.2. The summed E-state index contributed by atoms with van der Waals surface area (Å²) in [5.41, 5.74) is 2.53. The van der Waals surface area contributed by atoms with Gasteiger partial charge in [-0.1, -0.05) is 52.5 Å². The largest absolute Gasteiger partial charge is 0.308 e. The molecule has 0 saturated carbocycles. The molecule has 0 bridgehead atoms. The fourth-order valence-electron chi connectivity index (χ4n) is 3.57. The molecule has 33 heavy (non-hydrogen) atoms. The molecule has 0 saturated heterocycles. The van der Waals surface area contributed by atoms with E-state index in [1.165, 1.54) is 16.7 Å². The molecule has 2 aromatic heterocycles. The topological polar surface area (TPSA) is 90.2 Å². The smallest absolute Gasteiger partial charge is 0.302 e. The van der Waals surface area contributed by atoms with Gasteiger partial charge in [-0.2, -0.15) is 0 Å². The van der Waals surface area contributed by atoms with Gasteiger partial charge in [0.2, 0.25) is 0 Å². The van der Waals surface area contributed by atoms with E-state index in [4.69, 9.17) is 11.6 Å². The molecule has 5 aromatic rings. The van der Waals surface area contributed by atoms with Gasteiger partial charge in [0.1, 0.15) is 0 Å². The second-order valence-corrected chi connectivity index (χ2v) is 11.5. The lowest BCUT2D eigenvalue weighted by Gasteiger charge is -2.09. The summed E-state index contributed by atoms with van der Waals surface area (Å²) >= 11 is 8.27. The molecule has 5 rings (SSSR count). The number of fused-ring (bicyclic) bond motifs is 2. The Morgan fingerprint density at radius 1 is 0.909 bits per heavy atom. The number of nitrogens with one attached hydrogen (secondary N) is 1. The zero-order valence-corrected chi connectivity index (χ0v) is 20.3. The number of rotatable bonds is 5. The quantitative estimate of drug-likeness (QED) is 0.372. The Labute approximate surface area is 201 Å². The van der Waals surface area contributed by atoms with Gasteiger partial charge in [0.25, 0.3) is 10.0 Å². The van der Waals surface area contributed by atoms with Crippen LogP contribution in [-0.4, -0.2) is 17.6 Å². The van der Waals surface area contributed by atoms with E-state index in [2.05, 4.69) is 4.72 Å². The lowest BCUT2D eigenvalue weighted by molar-refractivity contribution is 0.601. The molecule has 0 amide bonds. The highest BCUT2D eigenvalue weighted by molar-refractivity contribution is 7.92. The number of hydrogen-bond donors (Lipinski definition) is 1. The molecule has 3 aromatic carbocycles. The summed E-state index contributed by atoms with van der Waals surface area (Å²) in [5.74, 6) is 0. The van der Waals surface area contributed by atoms with Crippen molar-refractivity contribution < 1.29 is 8.42 Å². The maximum absolute atomic E-state index is 13.0. The highest BCUT2D eigenvalue weighted by Gasteiger charge is 2.18. The van der Waals surface area contributed by atoms with Crippen LogP contribution in [0.3, 0.4) is 0 Å². The van der Waals surface area contributed by atoms with Gasteiger partial charge in [-0.3, -0.25) is 18.9 Å². The van der Waals surface area contributed by atoms with Crippen LogP contribution in [0.2, 0.25) is 5.02 Å². The monoisotopic (exact) mass is 517 g/mol. The number of anilines is 1. The number of sulfonamides is 1. The molecule has 168 valence electrons. The van der Waals surface area contributed by atoms with E-state index in [-0.39, 0.29) is 14.6 Å². The van der Waals surface area contributed by atoms with E-state index < -0.39 is 10.0 Å². The zero-order chi connectivity index (χ0) is 23.3. The van der Waals surface area contributed by atoms with E-state index in [0.29, 0.717) is 32.2 Å². The summed E-state index contributed by atoms with van der Waals surface area (Å²) in [6, 6.07) is 16.8. The van der Waals surface area contributed by atoms with Gasteiger partial charge in [-0.05, 0) is 48.0 Å². The molecule has 0 fully saturated rings. The highest BCUT2D eigenvalue weighted by Crippen LogP contribution is 2.27. The zero-order valence-electron chi connectivity index (χ0n) is 17.1. The number of benzene rings is 3. The first-order valence-electron chi connectivity index (χ1n) is 9.72. The molecule has 0 aliphatic rings. The minimum absolute atomic E-state index is 0.0440. The predicted molar refractivity (Wildman–Crippen MR) is 135 cm³/mol. The maximum Gasteiger partial charge on any atom is 0.308 e. The Balaban J connectivity index is 1.49. The fourth-order valence-corrected chi connectivity index (χ4v) is 6.77. The van der Waals surface area contributed by atoms with E-state index in [9.17, 15) is 18.0 Å². The molecule has 2 heterocycles. The maximum atomic E-state index is 13.0. The van der Waals surface area contributed by atoms with Gasteiger partial charge in [0.05, 0.1) is 37.6 Å². The van der Waals surface area contributed by atoms with Gasteiger partial charge >= 0.3 is 9.75 Å². The summed E-state index contributed by atoms with van der Waals surface area (Å²) in [5, 5.41) is 0.563. The van der Waals surface area contributed by atoms with Gasteiger partial charge in [-0.15, -0.1) is 0 Å². The normalized spacial score (nSPS) is 11.9. The number of halogens is 1. The molecule has 0 spiro atoms. The van der Waals surface area contributed by atoms with Crippen molar-refractivity contribution >= 4 is 70.4 Å². The molecule has 7 nitrogen and oxygen atoms in total. The summed E-state index contributed by atoms with van der Waals surface area (Å²) < 4.78 is 32.9. The molecule has 0 unspecified atom stereocenters. The predicted octanol–water partition coefficient (Wildman–Crippen LogP) is 4.48. The van der Waals surface area contributed by atoms with E-state index in [1.54, 1.807) is 41.9 Å². The van der Waals surface area contributed by atoms with Crippen LogP contribution in [0.15, 0.2) is 75.1 Å². The van der Waals surface area contributed by atoms with Crippen molar-refractivity contribution in [1.82, 2.24) is 9.13 Å². The van der Waals surface area contributed by atoms with Crippen molar-refractivity contribution in [1.29, 1.82) is 0 Å².